The van der Waals surface area contributed by atoms with Crippen molar-refractivity contribution in [1.82, 2.24) is 18.8 Å². The molecule has 0 aliphatic rings. The van der Waals surface area contributed by atoms with Crippen LogP contribution in [0.2, 0.25) is 0 Å². The number of nitrogens with zero attached hydrogens (tertiary/aromatic N) is 3. The molecule has 12 heteroatoms. The van der Waals surface area contributed by atoms with Gasteiger partial charge in [-0.2, -0.15) is 8.76 Å². The van der Waals surface area contributed by atoms with E-state index in [1.807, 2.05) is 0 Å². The van der Waals surface area contributed by atoms with Crippen LogP contribution in [0.3, 0.4) is 0 Å². The van der Waals surface area contributed by atoms with E-state index in [1.165, 1.54) is 25.6 Å². The maximum atomic E-state index is 13.5. The maximum Gasteiger partial charge on any atom is 0.407 e. The molecule has 0 aliphatic heterocycles. The van der Waals surface area contributed by atoms with Crippen LogP contribution < -0.4 is 16.6 Å². The second-order valence-corrected chi connectivity index (χ2v) is 6.02. The van der Waals surface area contributed by atoms with Gasteiger partial charge < -0.3 is 10.1 Å². The SMILES string of the molecule is CNC(=O)OCc1nsc2ccc(-n3c(=O)cc(F)n(C)c3=O)cc12.FCF. The number of amides is 1. The summed E-state index contributed by atoms with van der Waals surface area (Å²) in [6.45, 7) is -1.81. The molecule has 28 heavy (non-hydrogen) atoms. The monoisotopic (exact) mass is 416 g/mol. The number of alkyl carbamates (subject to hydrolysis) is 1. The molecule has 2 heterocycles. The number of carbonyl (C=O) groups excluding carboxylic acids is 1. The maximum absolute atomic E-state index is 13.5. The van der Waals surface area contributed by atoms with E-state index >= 15 is 0 Å². The van der Waals surface area contributed by atoms with Crippen LogP contribution in [0.15, 0.2) is 33.9 Å². The summed E-state index contributed by atoms with van der Waals surface area (Å²) in [5.74, 6) is -0.913. The average molecular weight is 416 g/mol. The lowest BCUT2D eigenvalue weighted by Crippen LogP contribution is -2.38. The third-order valence-electron chi connectivity index (χ3n) is 3.59. The van der Waals surface area contributed by atoms with E-state index in [0.29, 0.717) is 11.1 Å². The molecule has 0 aliphatic carbocycles. The van der Waals surface area contributed by atoms with Crippen molar-refractivity contribution in [2.75, 3.05) is 14.0 Å². The zero-order chi connectivity index (χ0) is 20.8. The zero-order valence-corrected chi connectivity index (χ0v) is 15.6. The number of nitrogens with one attached hydrogen (secondary N) is 1. The molecule has 0 saturated heterocycles. The Labute approximate surface area is 160 Å². The van der Waals surface area contributed by atoms with Crippen LogP contribution in [0.1, 0.15) is 5.69 Å². The number of benzene rings is 1. The molecule has 8 nitrogen and oxygen atoms in total. The molecule has 3 rings (SSSR count). The van der Waals surface area contributed by atoms with E-state index in [1.54, 1.807) is 18.2 Å². The first kappa shape index (κ1) is 21.2. The first-order valence-electron chi connectivity index (χ1n) is 7.67. The molecule has 150 valence electrons. The molecule has 1 aromatic carbocycles. The lowest BCUT2D eigenvalue weighted by Gasteiger charge is -2.08. The molecule has 0 saturated carbocycles. The minimum atomic E-state index is -1.75. The van der Waals surface area contributed by atoms with E-state index in [0.717, 1.165) is 19.9 Å². The molecule has 0 radical (unpaired) electrons. The first-order valence-corrected chi connectivity index (χ1v) is 8.45. The minimum Gasteiger partial charge on any atom is -0.443 e. The number of aromatic nitrogens is 3. The first-order chi connectivity index (χ1) is 13.3. The van der Waals surface area contributed by atoms with Crippen molar-refractivity contribution < 1.29 is 22.7 Å². The van der Waals surface area contributed by atoms with Gasteiger partial charge in [-0.1, -0.05) is 0 Å². The van der Waals surface area contributed by atoms with E-state index in [4.69, 9.17) is 4.74 Å². The number of carbonyl (C=O) groups is 1. The number of hydrogen-bond acceptors (Lipinski definition) is 6. The molecule has 1 amide bonds. The van der Waals surface area contributed by atoms with Gasteiger partial charge in [-0.05, 0) is 29.7 Å². The molecular weight excluding hydrogens is 401 g/mol. The van der Waals surface area contributed by atoms with Crippen LogP contribution in [-0.2, 0) is 18.4 Å². The number of rotatable bonds is 3. The summed E-state index contributed by atoms with van der Waals surface area (Å²) in [5.41, 5.74) is -0.793. The second-order valence-electron chi connectivity index (χ2n) is 5.22. The number of ether oxygens (including phenoxy) is 1. The normalized spacial score (nSPS) is 10.3. The highest BCUT2D eigenvalue weighted by Crippen LogP contribution is 2.25. The fourth-order valence-electron chi connectivity index (χ4n) is 2.26. The van der Waals surface area contributed by atoms with Crippen molar-refractivity contribution in [3.05, 3.63) is 56.7 Å². The fraction of sp³-hybridized carbons (Fsp3) is 0.250. The summed E-state index contributed by atoms with van der Waals surface area (Å²) < 4.78 is 44.4. The summed E-state index contributed by atoms with van der Waals surface area (Å²) >= 11 is 1.20. The molecule has 1 N–H and O–H groups in total. The van der Waals surface area contributed by atoms with Gasteiger partial charge in [0.1, 0.15) is 6.61 Å². The van der Waals surface area contributed by atoms with Gasteiger partial charge >= 0.3 is 11.8 Å². The third kappa shape index (κ3) is 4.39. The van der Waals surface area contributed by atoms with Crippen LogP contribution in [0, 0.1) is 5.95 Å². The van der Waals surface area contributed by atoms with Crippen LogP contribution in [-0.4, -0.2) is 33.6 Å². The van der Waals surface area contributed by atoms with Gasteiger partial charge in [-0.3, -0.25) is 9.36 Å². The second kappa shape index (κ2) is 9.17. The average Bonchev–Trinajstić information content (AvgIpc) is 3.07. The Morgan fingerprint density at radius 3 is 2.61 bits per heavy atom. The Hall–Kier alpha value is -3.15. The summed E-state index contributed by atoms with van der Waals surface area (Å²) in [6.07, 6.45) is -0.596. The predicted molar refractivity (Wildman–Crippen MR) is 96.7 cm³/mol. The van der Waals surface area contributed by atoms with Gasteiger partial charge in [0.15, 0.2) is 0 Å². The topological polar surface area (TPSA) is 95.2 Å². The minimum absolute atomic E-state index is 0.0561. The summed E-state index contributed by atoms with van der Waals surface area (Å²) in [6, 6.07) is 5.60. The van der Waals surface area contributed by atoms with E-state index in [-0.39, 0.29) is 12.3 Å². The third-order valence-corrected chi connectivity index (χ3v) is 4.46. The molecule has 0 atom stereocenters. The number of fused-ring (bicyclic) bond motifs is 1. The van der Waals surface area contributed by atoms with E-state index < -0.39 is 30.2 Å². The summed E-state index contributed by atoms with van der Waals surface area (Å²) in [7, 11) is 2.68. The molecule has 2 aromatic heterocycles. The quantitative estimate of drug-likeness (QED) is 0.660. The Bertz CT molecular complexity index is 1110. The fourth-order valence-corrected chi connectivity index (χ4v) is 3.03. The molecule has 0 bridgehead atoms. The highest BCUT2D eigenvalue weighted by molar-refractivity contribution is 7.13. The van der Waals surface area contributed by atoms with Gasteiger partial charge in [0.25, 0.3) is 5.56 Å². The highest BCUT2D eigenvalue weighted by atomic mass is 32.1. The van der Waals surface area contributed by atoms with E-state index in [2.05, 4.69) is 9.69 Å². The smallest absolute Gasteiger partial charge is 0.407 e. The molecule has 0 fully saturated rings. The highest BCUT2D eigenvalue weighted by Gasteiger charge is 2.14. The standard InChI is InChI=1S/C15H13FN4O4S.CH2F2/c1-17-14(22)24-7-10-9-5-8(3-4-11(9)25-18-10)20-13(21)6-12(16)19(2)15(20)23;2-1-3/h3-6H,7H2,1-2H3,(H,17,22);1H2. The Balaban J connectivity index is 0.000000878. The van der Waals surface area contributed by atoms with Crippen molar-refractivity contribution in [2.24, 2.45) is 7.05 Å². The summed E-state index contributed by atoms with van der Waals surface area (Å²) in [5, 5.41) is 2.97. The number of halogens is 3. The predicted octanol–water partition coefficient (Wildman–Crippen LogP) is 2.02. The van der Waals surface area contributed by atoms with Crippen molar-refractivity contribution in [3.63, 3.8) is 0 Å². The van der Waals surface area contributed by atoms with Crippen LogP contribution in [0.5, 0.6) is 0 Å². The molecule has 3 aromatic rings. The molecular formula is C16H15F3N4O4S. The largest absolute Gasteiger partial charge is 0.443 e. The van der Waals surface area contributed by atoms with Gasteiger partial charge in [0, 0.05) is 19.5 Å². The number of hydrogen-bond donors (Lipinski definition) is 1. The van der Waals surface area contributed by atoms with E-state index in [9.17, 15) is 27.6 Å². The Morgan fingerprint density at radius 1 is 1.29 bits per heavy atom. The van der Waals surface area contributed by atoms with Crippen molar-refractivity contribution >= 4 is 27.7 Å². The van der Waals surface area contributed by atoms with Gasteiger partial charge in [-0.15, -0.1) is 0 Å². The summed E-state index contributed by atoms with van der Waals surface area (Å²) in [4.78, 5) is 35.5. The van der Waals surface area contributed by atoms with Gasteiger partial charge in [0.2, 0.25) is 12.9 Å². The van der Waals surface area contributed by atoms with Crippen LogP contribution in [0.4, 0.5) is 18.0 Å². The van der Waals surface area contributed by atoms with Gasteiger partial charge in [0.05, 0.1) is 22.1 Å². The Morgan fingerprint density at radius 2 is 1.96 bits per heavy atom. The molecule has 0 spiro atoms. The van der Waals surface area contributed by atoms with Crippen LogP contribution in [0.25, 0.3) is 15.8 Å². The molecule has 0 unspecified atom stereocenters. The lowest BCUT2D eigenvalue weighted by atomic mass is 10.2. The van der Waals surface area contributed by atoms with Gasteiger partial charge in [-0.25, -0.2) is 22.9 Å². The lowest BCUT2D eigenvalue weighted by molar-refractivity contribution is 0.141. The van der Waals surface area contributed by atoms with Crippen molar-refractivity contribution in [1.29, 1.82) is 0 Å². The van der Waals surface area contributed by atoms with Crippen molar-refractivity contribution in [2.45, 2.75) is 6.61 Å². The Kier molecular flexibility index (Phi) is 6.93. The van der Waals surface area contributed by atoms with Crippen molar-refractivity contribution in [3.8, 4) is 5.69 Å². The van der Waals surface area contributed by atoms with Crippen LogP contribution >= 0.6 is 11.5 Å². The zero-order valence-electron chi connectivity index (χ0n) is 14.7. The number of alkyl halides is 2.